The lowest BCUT2D eigenvalue weighted by atomic mass is 10.1. The van der Waals surface area contributed by atoms with E-state index in [-0.39, 0.29) is 0 Å². The first-order valence-electron chi connectivity index (χ1n) is 5.21. The lowest BCUT2D eigenvalue weighted by Gasteiger charge is -2.02. The number of pyridine rings is 1. The van der Waals surface area contributed by atoms with Crippen LogP contribution in [0.5, 0.6) is 0 Å². The van der Waals surface area contributed by atoms with Gasteiger partial charge in [0, 0.05) is 22.8 Å². The van der Waals surface area contributed by atoms with Gasteiger partial charge in [0.05, 0.1) is 6.20 Å². The van der Waals surface area contributed by atoms with E-state index in [1.165, 1.54) is 0 Å². The molecule has 3 aromatic rings. The Morgan fingerprint density at radius 1 is 1.18 bits per heavy atom. The molecule has 2 heterocycles. The fourth-order valence-electron chi connectivity index (χ4n) is 1.85. The van der Waals surface area contributed by atoms with Gasteiger partial charge in [-0.2, -0.15) is 0 Å². The minimum atomic E-state index is 0.619. The van der Waals surface area contributed by atoms with Gasteiger partial charge in [0.2, 0.25) is 5.89 Å². The van der Waals surface area contributed by atoms with E-state index in [0.717, 1.165) is 22.0 Å². The molecule has 0 radical (unpaired) electrons. The number of nitrogens with zero attached hydrogens (tertiary/aromatic N) is 2. The van der Waals surface area contributed by atoms with Crippen LogP contribution in [0.25, 0.3) is 22.2 Å². The molecule has 0 bridgehead atoms. The molecule has 0 saturated carbocycles. The number of oxazole rings is 1. The maximum absolute atomic E-state index is 5.44. The van der Waals surface area contributed by atoms with Crippen LogP contribution in [0, 0.1) is 6.92 Å². The maximum atomic E-state index is 5.44. The van der Waals surface area contributed by atoms with E-state index in [1.807, 2.05) is 31.3 Å². The number of aryl methyl sites for hydroxylation is 1. The average molecular weight is 289 g/mol. The number of hydrogen-bond acceptors (Lipinski definition) is 3. The minimum Gasteiger partial charge on any atom is -0.429 e. The van der Waals surface area contributed by atoms with E-state index in [2.05, 4.69) is 32.0 Å². The highest BCUT2D eigenvalue weighted by Crippen LogP contribution is 2.26. The molecule has 1 aromatic carbocycles. The molecule has 0 atom stereocenters. The number of fused-ring (bicyclic) bond motifs is 1. The zero-order valence-corrected chi connectivity index (χ0v) is 10.7. The molecule has 0 aliphatic carbocycles. The molecule has 84 valence electrons. The molecular formula is C13H9BrN2O. The zero-order chi connectivity index (χ0) is 11.8. The Morgan fingerprint density at radius 2 is 2.06 bits per heavy atom. The second kappa shape index (κ2) is 3.96. The predicted octanol–water partition coefficient (Wildman–Crippen LogP) is 3.96. The van der Waals surface area contributed by atoms with Crippen molar-refractivity contribution in [1.29, 1.82) is 0 Å². The van der Waals surface area contributed by atoms with Crippen LogP contribution in [-0.2, 0) is 0 Å². The van der Waals surface area contributed by atoms with E-state index in [1.54, 1.807) is 6.20 Å². The molecule has 0 aliphatic rings. The minimum absolute atomic E-state index is 0.619. The molecule has 0 fully saturated rings. The van der Waals surface area contributed by atoms with E-state index in [0.29, 0.717) is 10.6 Å². The largest absolute Gasteiger partial charge is 0.429 e. The van der Waals surface area contributed by atoms with Gasteiger partial charge >= 0.3 is 0 Å². The van der Waals surface area contributed by atoms with E-state index in [4.69, 9.17) is 4.42 Å². The van der Waals surface area contributed by atoms with Gasteiger partial charge in [-0.15, -0.1) is 0 Å². The number of hydrogen-bond donors (Lipinski definition) is 0. The molecule has 0 amide bonds. The normalized spacial score (nSPS) is 10.9. The third-order valence-corrected chi connectivity index (χ3v) is 3.05. The molecule has 3 nitrogen and oxygen atoms in total. The van der Waals surface area contributed by atoms with Crippen LogP contribution in [0.2, 0.25) is 0 Å². The molecule has 4 heteroatoms. The predicted molar refractivity (Wildman–Crippen MR) is 69.7 cm³/mol. The van der Waals surface area contributed by atoms with Crippen molar-refractivity contribution in [2.45, 2.75) is 6.92 Å². The molecule has 0 spiro atoms. The molecule has 17 heavy (non-hydrogen) atoms. The number of rotatable bonds is 1. The molecule has 0 unspecified atom stereocenters. The zero-order valence-electron chi connectivity index (χ0n) is 9.14. The van der Waals surface area contributed by atoms with Crippen molar-refractivity contribution < 1.29 is 4.42 Å². The van der Waals surface area contributed by atoms with Crippen LogP contribution in [0.4, 0.5) is 0 Å². The fourth-order valence-corrected chi connectivity index (χ4v) is 2.11. The standard InChI is InChI=1S/C13H9BrN2O/c1-8-11-3-2-10(6-9(11)4-5-15-8)13-16-7-12(14)17-13/h2-7H,1H3. The summed E-state index contributed by atoms with van der Waals surface area (Å²) in [6.07, 6.45) is 3.46. The monoisotopic (exact) mass is 288 g/mol. The van der Waals surface area contributed by atoms with Crippen molar-refractivity contribution in [2.75, 3.05) is 0 Å². The van der Waals surface area contributed by atoms with Crippen molar-refractivity contribution >= 4 is 26.7 Å². The first-order chi connectivity index (χ1) is 8.24. The van der Waals surface area contributed by atoms with Gasteiger partial charge in [-0.25, -0.2) is 4.98 Å². The molecule has 0 aliphatic heterocycles. The summed E-state index contributed by atoms with van der Waals surface area (Å²) in [7, 11) is 0. The molecule has 0 N–H and O–H groups in total. The van der Waals surface area contributed by atoms with E-state index in [9.17, 15) is 0 Å². The number of aromatic nitrogens is 2. The average Bonchev–Trinajstić information content (AvgIpc) is 2.76. The molecule has 3 rings (SSSR count). The Morgan fingerprint density at radius 3 is 2.82 bits per heavy atom. The Hall–Kier alpha value is -1.68. The van der Waals surface area contributed by atoms with Crippen molar-refractivity contribution in [3.05, 3.63) is 47.0 Å². The van der Waals surface area contributed by atoms with Crippen LogP contribution in [0.1, 0.15) is 5.69 Å². The van der Waals surface area contributed by atoms with Gasteiger partial charge in [-0.1, -0.05) is 6.07 Å². The third kappa shape index (κ3) is 1.85. The lowest BCUT2D eigenvalue weighted by molar-refractivity contribution is 0.549. The van der Waals surface area contributed by atoms with Crippen molar-refractivity contribution in [3.8, 4) is 11.5 Å². The summed E-state index contributed by atoms with van der Waals surface area (Å²) in [5.74, 6) is 0.619. The Kier molecular flexibility index (Phi) is 2.44. The Balaban J connectivity index is 2.20. The smallest absolute Gasteiger partial charge is 0.227 e. The fraction of sp³-hybridized carbons (Fsp3) is 0.0769. The van der Waals surface area contributed by atoms with Crippen molar-refractivity contribution in [3.63, 3.8) is 0 Å². The highest BCUT2D eigenvalue weighted by Gasteiger charge is 2.06. The van der Waals surface area contributed by atoms with Gasteiger partial charge in [0.15, 0.2) is 4.67 Å². The Labute approximate surface area is 107 Å². The first-order valence-corrected chi connectivity index (χ1v) is 6.00. The summed E-state index contributed by atoms with van der Waals surface area (Å²) in [5, 5.41) is 2.30. The molecule has 0 saturated heterocycles. The Bertz CT molecular complexity index is 691. The van der Waals surface area contributed by atoms with Crippen LogP contribution in [-0.4, -0.2) is 9.97 Å². The number of benzene rings is 1. The number of halogens is 1. The quantitative estimate of drug-likeness (QED) is 0.680. The van der Waals surface area contributed by atoms with E-state index >= 15 is 0 Å². The van der Waals surface area contributed by atoms with Gasteiger partial charge in [-0.05, 0) is 46.4 Å². The second-order valence-corrected chi connectivity index (χ2v) is 4.58. The van der Waals surface area contributed by atoms with Crippen LogP contribution >= 0.6 is 15.9 Å². The summed E-state index contributed by atoms with van der Waals surface area (Å²) < 4.78 is 6.08. The molecular weight excluding hydrogens is 280 g/mol. The molecule has 2 aromatic heterocycles. The maximum Gasteiger partial charge on any atom is 0.227 e. The SMILES string of the molecule is Cc1nccc2cc(-c3ncc(Br)o3)ccc12. The second-order valence-electron chi connectivity index (χ2n) is 3.80. The van der Waals surface area contributed by atoms with Gasteiger partial charge < -0.3 is 4.42 Å². The highest BCUT2D eigenvalue weighted by atomic mass is 79.9. The van der Waals surface area contributed by atoms with Gasteiger partial charge in [0.1, 0.15) is 0 Å². The van der Waals surface area contributed by atoms with E-state index < -0.39 is 0 Å². The van der Waals surface area contributed by atoms with Crippen molar-refractivity contribution in [1.82, 2.24) is 9.97 Å². The first kappa shape index (κ1) is 10.5. The van der Waals surface area contributed by atoms with Crippen molar-refractivity contribution in [2.24, 2.45) is 0 Å². The summed E-state index contributed by atoms with van der Waals surface area (Å²) in [6.45, 7) is 2.00. The lowest BCUT2D eigenvalue weighted by Crippen LogP contribution is -1.84. The highest BCUT2D eigenvalue weighted by molar-refractivity contribution is 9.10. The summed E-state index contributed by atoms with van der Waals surface area (Å²) in [5.41, 5.74) is 2.00. The third-order valence-electron chi connectivity index (χ3n) is 2.69. The van der Waals surface area contributed by atoms with Crippen LogP contribution in [0.3, 0.4) is 0 Å². The topological polar surface area (TPSA) is 38.9 Å². The summed E-state index contributed by atoms with van der Waals surface area (Å²) in [4.78, 5) is 8.45. The summed E-state index contributed by atoms with van der Waals surface area (Å²) >= 11 is 3.25. The van der Waals surface area contributed by atoms with Gasteiger partial charge in [0.25, 0.3) is 0 Å². The van der Waals surface area contributed by atoms with Gasteiger partial charge in [-0.3, -0.25) is 4.98 Å². The summed E-state index contributed by atoms with van der Waals surface area (Å²) in [6, 6.07) is 8.09. The van der Waals surface area contributed by atoms with Crippen LogP contribution < -0.4 is 0 Å². The van der Waals surface area contributed by atoms with Crippen LogP contribution in [0.15, 0.2) is 45.7 Å².